The van der Waals surface area contributed by atoms with Crippen molar-refractivity contribution in [3.05, 3.63) is 0 Å². The van der Waals surface area contributed by atoms with Crippen LogP contribution in [0.25, 0.3) is 0 Å². The van der Waals surface area contributed by atoms with Crippen LogP contribution in [0.1, 0.15) is 26.7 Å². The molecule has 0 aromatic carbocycles. The second kappa shape index (κ2) is 8.12. The normalized spacial score (nSPS) is 21.7. The van der Waals surface area contributed by atoms with Crippen molar-refractivity contribution in [1.29, 1.82) is 0 Å². The molecule has 110 valence electrons. The Morgan fingerprint density at radius 2 is 2.16 bits per heavy atom. The molecule has 0 aromatic rings. The summed E-state index contributed by atoms with van der Waals surface area (Å²) >= 11 is 0. The highest BCUT2D eigenvalue weighted by atomic mass is 16.2. The van der Waals surface area contributed by atoms with E-state index < -0.39 is 0 Å². The molecular weight excluding hydrogens is 244 g/mol. The number of amides is 2. The summed E-state index contributed by atoms with van der Waals surface area (Å²) in [6.45, 7) is 6.93. The molecule has 0 saturated carbocycles. The van der Waals surface area contributed by atoms with Gasteiger partial charge in [0.2, 0.25) is 11.8 Å². The van der Waals surface area contributed by atoms with E-state index in [1.807, 2.05) is 13.8 Å². The summed E-state index contributed by atoms with van der Waals surface area (Å²) in [4.78, 5) is 25.8. The number of likely N-dealkylation sites (tertiary alicyclic amines) is 1. The van der Waals surface area contributed by atoms with Crippen LogP contribution in [0.5, 0.6) is 0 Å². The van der Waals surface area contributed by atoms with Gasteiger partial charge in [-0.25, -0.2) is 0 Å². The molecule has 2 unspecified atom stereocenters. The Bertz CT molecular complexity index is 309. The van der Waals surface area contributed by atoms with E-state index in [2.05, 4.69) is 15.5 Å². The minimum absolute atomic E-state index is 0.0304. The molecule has 2 amide bonds. The van der Waals surface area contributed by atoms with Crippen LogP contribution in [0.4, 0.5) is 0 Å². The van der Waals surface area contributed by atoms with Crippen LogP contribution in [-0.2, 0) is 9.59 Å². The molecule has 0 radical (unpaired) electrons. The summed E-state index contributed by atoms with van der Waals surface area (Å²) in [6.07, 6.45) is 1.83. The van der Waals surface area contributed by atoms with Crippen molar-refractivity contribution in [2.45, 2.75) is 32.7 Å². The van der Waals surface area contributed by atoms with Gasteiger partial charge in [-0.3, -0.25) is 14.5 Å². The van der Waals surface area contributed by atoms with Gasteiger partial charge in [-0.05, 0) is 33.2 Å². The van der Waals surface area contributed by atoms with Gasteiger partial charge < -0.3 is 16.4 Å². The maximum atomic E-state index is 11.9. The first kappa shape index (κ1) is 15.9. The van der Waals surface area contributed by atoms with Crippen LogP contribution in [-0.4, -0.2) is 55.5 Å². The van der Waals surface area contributed by atoms with Gasteiger partial charge in [-0.2, -0.15) is 0 Å². The predicted molar refractivity (Wildman–Crippen MR) is 74.5 cm³/mol. The van der Waals surface area contributed by atoms with Gasteiger partial charge in [-0.1, -0.05) is 0 Å². The fourth-order valence-corrected chi connectivity index (χ4v) is 2.40. The van der Waals surface area contributed by atoms with E-state index in [0.717, 1.165) is 19.4 Å². The molecule has 1 heterocycles. The SMILES string of the molecule is CCNC(=O)C(C)N1CCCC(C(=O)NCCN)C1. The van der Waals surface area contributed by atoms with E-state index in [1.54, 1.807) is 0 Å². The van der Waals surface area contributed by atoms with E-state index >= 15 is 0 Å². The smallest absolute Gasteiger partial charge is 0.237 e. The first-order chi connectivity index (χ1) is 9.10. The maximum Gasteiger partial charge on any atom is 0.237 e. The van der Waals surface area contributed by atoms with E-state index in [1.165, 1.54) is 0 Å². The first-order valence-corrected chi connectivity index (χ1v) is 7.09. The van der Waals surface area contributed by atoms with Crippen LogP contribution in [0, 0.1) is 5.92 Å². The quantitative estimate of drug-likeness (QED) is 0.595. The molecule has 4 N–H and O–H groups in total. The lowest BCUT2D eigenvalue weighted by Gasteiger charge is -2.35. The highest BCUT2D eigenvalue weighted by Gasteiger charge is 2.30. The van der Waals surface area contributed by atoms with E-state index in [0.29, 0.717) is 26.2 Å². The first-order valence-electron chi connectivity index (χ1n) is 7.09. The van der Waals surface area contributed by atoms with Gasteiger partial charge in [-0.15, -0.1) is 0 Å². The standard InChI is InChI=1S/C13H26N4O2/c1-3-15-12(18)10(2)17-8-4-5-11(9-17)13(19)16-7-6-14/h10-11H,3-9,14H2,1-2H3,(H,15,18)(H,16,19). The zero-order chi connectivity index (χ0) is 14.3. The largest absolute Gasteiger partial charge is 0.355 e. The minimum atomic E-state index is -0.176. The van der Waals surface area contributed by atoms with Crippen molar-refractivity contribution in [3.8, 4) is 0 Å². The Kier molecular flexibility index (Phi) is 6.80. The maximum absolute atomic E-state index is 11.9. The predicted octanol–water partition coefficient (Wildman–Crippen LogP) is -0.702. The van der Waals surface area contributed by atoms with E-state index in [9.17, 15) is 9.59 Å². The summed E-state index contributed by atoms with van der Waals surface area (Å²) in [7, 11) is 0. The number of hydrogen-bond donors (Lipinski definition) is 3. The molecule has 19 heavy (non-hydrogen) atoms. The topological polar surface area (TPSA) is 87.5 Å². The average Bonchev–Trinajstić information content (AvgIpc) is 2.44. The summed E-state index contributed by atoms with van der Waals surface area (Å²) < 4.78 is 0. The molecule has 0 spiro atoms. The Morgan fingerprint density at radius 3 is 2.79 bits per heavy atom. The third-order valence-corrected chi connectivity index (χ3v) is 3.55. The minimum Gasteiger partial charge on any atom is -0.355 e. The Labute approximate surface area is 115 Å². The second-order valence-electron chi connectivity index (χ2n) is 4.98. The van der Waals surface area contributed by atoms with Crippen molar-refractivity contribution in [2.24, 2.45) is 11.7 Å². The monoisotopic (exact) mass is 270 g/mol. The van der Waals surface area contributed by atoms with Crippen molar-refractivity contribution >= 4 is 11.8 Å². The van der Waals surface area contributed by atoms with Gasteiger partial charge in [0.1, 0.15) is 0 Å². The lowest BCUT2D eigenvalue weighted by molar-refractivity contribution is -0.131. The summed E-state index contributed by atoms with van der Waals surface area (Å²) in [5.74, 6) is 0.0564. The van der Waals surface area contributed by atoms with Crippen molar-refractivity contribution in [3.63, 3.8) is 0 Å². The number of nitrogens with zero attached hydrogens (tertiary/aromatic N) is 1. The van der Waals surface area contributed by atoms with Crippen LogP contribution in [0.15, 0.2) is 0 Å². The van der Waals surface area contributed by atoms with Crippen LogP contribution in [0.2, 0.25) is 0 Å². The summed E-state index contributed by atoms with van der Waals surface area (Å²) in [6, 6.07) is -0.176. The molecule has 1 fully saturated rings. The zero-order valence-corrected chi connectivity index (χ0v) is 11.9. The van der Waals surface area contributed by atoms with Crippen molar-refractivity contribution in [2.75, 3.05) is 32.7 Å². The number of piperidine rings is 1. The highest BCUT2D eigenvalue weighted by molar-refractivity contribution is 5.82. The summed E-state index contributed by atoms with van der Waals surface area (Å²) in [5, 5.41) is 5.65. The number of hydrogen-bond acceptors (Lipinski definition) is 4. The molecule has 0 aromatic heterocycles. The molecule has 1 aliphatic heterocycles. The van der Waals surface area contributed by atoms with Gasteiger partial charge in [0.15, 0.2) is 0 Å². The van der Waals surface area contributed by atoms with Gasteiger partial charge in [0.05, 0.1) is 12.0 Å². The Balaban J connectivity index is 2.49. The van der Waals surface area contributed by atoms with Crippen LogP contribution in [0.3, 0.4) is 0 Å². The fraction of sp³-hybridized carbons (Fsp3) is 0.846. The third-order valence-electron chi connectivity index (χ3n) is 3.55. The molecule has 1 rings (SSSR count). The van der Waals surface area contributed by atoms with Crippen molar-refractivity contribution < 1.29 is 9.59 Å². The lowest BCUT2D eigenvalue weighted by atomic mass is 9.96. The van der Waals surface area contributed by atoms with Crippen LogP contribution < -0.4 is 16.4 Å². The molecule has 0 aliphatic carbocycles. The molecule has 6 heteroatoms. The van der Waals surface area contributed by atoms with E-state index in [-0.39, 0.29) is 23.8 Å². The third kappa shape index (κ3) is 4.80. The van der Waals surface area contributed by atoms with Gasteiger partial charge >= 0.3 is 0 Å². The molecule has 1 saturated heterocycles. The Hall–Kier alpha value is -1.14. The van der Waals surface area contributed by atoms with Gasteiger partial charge in [0.25, 0.3) is 0 Å². The average molecular weight is 270 g/mol. The number of rotatable bonds is 6. The summed E-state index contributed by atoms with van der Waals surface area (Å²) in [5.41, 5.74) is 5.38. The number of likely N-dealkylation sites (N-methyl/N-ethyl adjacent to an activating group) is 1. The number of nitrogens with two attached hydrogens (primary N) is 1. The molecule has 6 nitrogen and oxygen atoms in total. The lowest BCUT2D eigenvalue weighted by Crippen LogP contribution is -2.51. The molecule has 0 bridgehead atoms. The number of nitrogens with one attached hydrogen (secondary N) is 2. The number of carbonyl (C=O) groups is 2. The van der Waals surface area contributed by atoms with Crippen molar-refractivity contribution in [1.82, 2.24) is 15.5 Å². The molecule has 2 atom stereocenters. The number of carbonyl (C=O) groups excluding carboxylic acids is 2. The fourth-order valence-electron chi connectivity index (χ4n) is 2.40. The highest BCUT2D eigenvalue weighted by Crippen LogP contribution is 2.18. The van der Waals surface area contributed by atoms with Gasteiger partial charge in [0, 0.05) is 26.2 Å². The zero-order valence-electron chi connectivity index (χ0n) is 11.9. The van der Waals surface area contributed by atoms with Crippen LogP contribution >= 0.6 is 0 Å². The second-order valence-corrected chi connectivity index (χ2v) is 4.98. The molecule has 1 aliphatic rings. The van der Waals surface area contributed by atoms with E-state index in [4.69, 9.17) is 5.73 Å². The molecular formula is C13H26N4O2. The Morgan fingerprint density at radius 1 is 1.42 bits per heavy atom.